The van der Waals surface area contributed by atoms with Gasteiger partial charge in [-0.25, -0.2) is 4.98 Å². The number of nitrogens with one attached hydrogen (secondary N) is 1. The summed E-state index contributed by atoms with van der Waals surface area (Å²) in [5.41, 5.74) is 1.95. The van der Waals surface area contributed by atoms with Gasteiger partial charge in [0, 0.05) is 26.6 Å². The number of hydrogen-bond donors (Lipinski definition) is 1. The molecule has 2 aromatic rings. The van der Waals surface area contributed by atoms with Crippen LogP contribution in [0, 0.1) is 0 Å². The molecule has 1 N–H and O–H groups in total. The van der Waals surface area contributed by atoms with Gasteiger partial charge in [0.1, 0.15) is 12.4 Å². The molecule has 6 heteroatoms. The first-order chi connectivity index (χ1) is 14.1. The highest BCUT2D eigenvalue weighted by molar-refractivity contribution is 5.87. The van der Waals surface area contributed by atoms with E-state index in [1.165, 1.54) is 6.08 Å². The van der Waals surface area contributed by atoms with Gasteiger partial charge in [-0.1, -0.05) is 38.0 Å². The Bertz CT molecular complexity index is 825. The molecule has 0 atom stereocenters. The van der Waals surface area contributed by atoms with E-state index in [9.17, 15) is 9.59 Å². The van der Waals surface area contributed by atoms with Gasteiger partial charge in [-0.05, 0) is 44.4 Å². The summed E-state index contributed by atoms with van der Waals surface area (Å²) in [5.74, 6) is 1.04. The molecule has 0 fully saturated rings. The summed E-state index contributed by atoms with van der Waals surface area (Å²) in [5, 5.41) is 2.87. The van der Waals surface area contributed by atoms with E-state index in [2.05, 4.69) is 16.8 Å². The number of fused-ring (bicyclic) bond motifs is 1. The van der Waals surface area contributed by atoms with E-state index >= 15 is 0 Å². The van der Waals surface area contributed by atoms with Crippen molar-refractivity contribution in [3.63, 3.8) is 0 Å². The molecule has 0 aliphatic heterocycles. The van der Waals surface area contributed by atoms with Crippen LogP contribution in [0.5, 0.6) is 0 Å². The number of allylic oxidation sites excluding steroid dienone is 1. The number of nitrogens with zero attached hydrogens (tertiary/aromatic N) is 3. The molecule has 6 nitrogen and oxygen atoms in total. The topological polar surface area (TPSA) is 67.2 Å². The molecular weight excluding hydrogens is 364 g/mol. The Morgan fingerprint density at radius 2 is 1.97 bits per heavy atom. The number of para-hydroxylation sites is 2. The van der Waals surface area contributed by atoms with E-state index in [0.29, 0.717) is 13.1 Å². The molecule has 0 spiro atoms. The molecule has 0 saturated carbocycles. The third-order valence-electron chi connectivity index (χ3n) is 4.99. The fourth-order valence-electron chi connectivity index (χ4n) is 3.28. The molecule has 158 valence electrons. The summed E-state index contributed by atoms with van der Waals surface area (Å²) in [4.78, 5) is 30.7. The molecule has 1 aromatic carbocycles. The predicted octanol–water partition coefficient (Wildman–Crippen LogP) is 3.70. The maximum atomic E-state index is 12.7. The van der Waals surface area contributed by atoms with E-state index in [-0.39, 0.29) is 11.8 Å². The number of imidazole rings is 1. The van der Waals surface area contributed by atoms with E-state index in [1.54, 1.807) is 6.08 Å². The molecule has 0 aliphatic carbocycles. The fourth-order valence-corrected chi connectivity index (χ4v) is 3.28. The molecule has 0 unspecified atom stereocenters. The Labute approximate surface area is 174 Å². The number of carbonyl (C=O) groups is 2. The molecular formula is C23H34N4O2. The van der Waals surface area contributed by atoms with Crippen LogP contribution in [0.3, 0.4) is 0 Å². The van der Waals surface area contributed by atoms with Gasteiger partial charge in [0.05, 0.1) is 11.0 Å². The second kappa shape index (κ2) is 12.0. The number of aryl methyl sites for hydroxylation is 1. The Morgan fingerprint density at radius 1 is 1.17 bits per heavy atom. The van der Waals surface area contributed by atoms with Crippen LogP contribution in [0.4, 0.5) is 0 Å². The zero-order chi connectivity index (χ0) is 21.1. The van der Waals surface area contributed by atoms with Crippen LogP contribution >= 0.6 is 0 Å². The molecule has 0 aliphatic rings. The number of carbonyl (C=O) groups excluding carboxylic acids is 2. The zero-order valence-electron chi connectivity index (χ0n) is 18.0. The van der Waals surface area contributed by atoms with Crippen molar-refractivity contribution in [2.75, 3.05) is 20.1 Å². The van der Waals surface area contributed by atoms with E-state index in [1.807, 2.05) is 43.1 Å². The summed E-state index contributed by atoms with van der Waals surface area (Å²) in [6, 6.07) is 7.99. The summed E-state index contributed by atoms with van der Waals surface area (Å²) in [7, 11) is 1.87. The predicted molar refractivity (Wildman–Crippen MR) is 118 cm³/mol. The van der Waals surface area contributed by atoms with Crippen molar-refractivity contribution in [1.29, 1.82) is 0 Å². The summed E-state index contributed by atoms with van der Waals surface area (Å²) in [6.45, 7) is 5.76. The second-order valence-electron chi connectivity index (χ2n) is 7.37. The lowest BCUT2D eigenvalue weighted by Gasteiger charge is -2.18. The smallest absolute Gasteiger partial charge is 0.243 e. The molecule has 0 saturated heterocycles. The molecule has 1 heterocycles. The highest BCUT2D eigenvalue weighted by atomic mass is 16.2. The van der Waals surface area contributed by atoms with Gasteiger partial charge in [0.15, 0.2) is 0 Å². The number of amides is 2. The average Bonchev–Trinajstić information content (AvgIpc) is 3.06. The van der Waals surface area contributed by atoms with Gasteiger partial charge in [-0.3, -0.25) is 9.59 Å². The van der Waals surface area contributed by atoms with Crippen molar-refractivity contribution < 1.29 is 9.59 Å². The fraction of sp³-hybridized carbons (Fsp3) is 0.522. The van der Waals surface area contributed by atoms with Gasteiger partial charge in [-0.2, -0.15) is 0 Å². The van der Waals surface area contributed by atoms with E-state index in [0.717, 1.165) is 61.9 Å². The summed E-state index contributed by atoms with van der Waals surface area (Å²) in [6.07, 6.45) is 9.10. The van der Waals surface area contributed by atoms with Crippen molar-refractivity contribution in [1.82, 2.24) is 19.8 Å². The molecule has 1 aromatic heterocycles. The lowest BCUT2D eigenvalue weighted by molar-refractivity contribution is -0.130. The SMILES string of the molecule is C/C=C/C(=O)NCCCCCc1nc2ccccc2n1CC(=O)N(C)CCCC. The first-order valence-electron chi connectivity index (χ1n) is 10.7. The Hall–Kier alpha value is -2.63. The lowest BCUT2D eigenvalue weighted by atomic mass is 10.2. The molecule has 2 amide bonds. The zero-order valence-corrected chi connectivity index (χ0v) is 18.0. The largest absolute Gasteiger partial charge is 0.353 e. The van der Waals surface area contributed by atoms with Crippen LogP contribution in [0.1, 0.15) is 51.8 Å². The molecule has 0 bridgehead atoms. The maximum Gasteiger partial charge on any atom is 0.243 e. The van der Waals surface area contributed by atoms with Gasteiger partial charge >= 0.3 is 0 Å². The first-order valence-corrected chi connectivity index (χ1v) is 10.7. The van der Waals surface area contributed by atoms with Crippen LogP contribution in [0.25, 0.3) is 11.0 Å². The third-order valence-corrected chi connectivity index (χ3v) is 4.99. The standard InChI is InChI=1S/C23H34N4O2/c1-4-6-17-26(3)23(29)18-27-20-14-10-9-13-19(20)25-21(27)15-8-7-11-16-24-22(28)12-5-2/h5,9-10,12-14H,4,6-8,11,15-18H2,1-3H3,(H,24,28)/b12-5+. The number of hydrogen-bond acceptors (Lipinski definition) is 3. The Balaban J connectivity index is 1.95. The number of aromatic nitrogens is 2. The monoisotopic (exact) mass is 398 g/mol. The minimum absolute atomic E-state index is 0.0417. The number of unbranched alkanes of at least 4 members (excludes halogenated alkanes) is 3. The normalized spacial score (nSPS) is 11.3. The van der Waals surface area contributed by atoms with Crippen LogP contribution in [0.2, 0.25) is 0 Å². The second-order valence-corrected chi connectivity index (χ2v) is 7.37. The van der Waals surface area contributed by atoms with Crippen molar-refractivity contribution in [2.24, 2.45) is 0 Å². The minimum atomic E-state index is -0.0417. The molecule has 2 rings (SSSR count). The first kappa shape index (κ1) is 22.7. The van der Waals surface area contributed by atoms with E-state index < -0.39 is 0 Å². The Morgan fingerprint density at radius 3 is 2.72 bits per heavy atom. The van der Waals surface area contributed by atoms with Gasteiger partial charge < -0.3 is 14.8 Å². The van der Waals surface area contributed by atoms with Crippen LogP contribution in [-0.2, 0) is 22.6 Å². The van der Waals surface area contributed by atoms with E-state index in [4.69, 9.17) is 4.98 Å². The van der Waals surface area contributed by atoms with Gasteiger partial charge in [0.25, 0.3) is 0 Å². The molecule has 0 radical (unpaired) electrons. The van der Waals surface area contributed by atoms with Crippen LogP contribution in [-0.4, -0.2) is 46.4 Å². The average molecular weight is 399 g/mol. The Kier molecular flexibility index (Phi) is 9.41. The van der Waals surface area contributed by atoms with Crippen molar-refractivity contribution in [2.45, 2.75) is 58.9 Å². The van der Waals surface area contributed by atoms with Crippen molar-refractivity contribution >= 4 is 22.8 Å². The quantitative estimate of drug-likeness (QED) is 0.438. The van der Waals surface area contributed by atoms with Crippen molar-refractivity contribution in [3.05, 3.63) is 42.2 Å². The minimum Gasteiger partial charge on any atom is -0.353 e. The number of likely N-dealkylation sites (N-methyl/N-ethyl adjacent to an activating group) is 1. The number of benzene rings is 1. The highest BCUT2D eigenvalue weighted by Crippen LogP contribution is 2.18. The summed E-state index contributed by atoms with van der Waals surface area (Å²) >= 11 is 0. The molecule has 29 heavy (non-hydrogen) atoms. The van der Waals surface area contributed by atoms with Gasteiger partial charge in [0.2, 0.25) is 11.8 Å². The third kappa shape index (κ3) is 7.04. The van der Waals surface area contributed by atoms with Crippen LogP contribution in [0.15, 0.2) is 36.4 Å². The lowest BCUT2D eigenvalue weighted by Crippen LogP contribution is -2.31. The van der Waals surface area contributed by atoms with Gasteiger partial charge in [-0.15, -0.1) is 0 Å². The number of rotatable bonds is 12. The maximum absolute atomic E-state index is 12.7. The van der Waals surface area contributed by atoms with Crippen LogP contribution < -0.4 is 5.32 Å². The highest BCUT2D eigenvalue weighted by Gasteiger charge is 2.15. The summed E-state index contributed by atoms with van der Waals surface area (Å²) < 4.78 is 2.06. The van der Waals surface area contributed by atoms with Crippen molar-refractivity contribution in [3.8, 4) is 0 Å².